The summed E-state index contributed by atoms with van der Waals surface area (Å²) in [5.41, 5.74) is 0. The molecule has 2 aliphatic rings. The molecule has 7 heteroatoms. The minimum absolute atomic E-state index is 0. The Morgan fingerprint density at radius 1 is 1.35 bits per heavy atom. The fourth-order valence-corrected chi connectivity index (χ4v) is 2.81. The molecule has 0 aliphatic carbocycles. The van der Waals surface area contributed by atoms with Crippen molar-refractivity contribution in [3.8, 4) is 0 Å². The number of ether oxygens (including phenoxy) is 1. The third-order valence-corrected chi connectivity index (χ3v) is 3.97. The first-order valence-electron chi connectivity index (χ1n) is 6.90. The molecule has 0 aromatic heterocycles. The summed E-state index contributed by atoms with van der Waals surface area (Å²) in [5.74, 6) is 0.189. The highest BCUT2D eigenvalue weighted by atomic mass is 35.5. The summed E-state index contributed by atoms with van der Waals surface area (Å²) in [7, 11) is 0. The van der Waals surface area contributed by atoms with Crippen LogP contribution in [0.3, 0.4) is 0 Å². The molecule has 3 atom stereocenters. The first-order chi connectivity index (χ1) is 8.58. The van der Waals surface area contributed by atoms with E-state index in [1.54, 1.807) is 6.92 Å². The van der Waals surface area contributed by atoms with Gasteiger partial charge in [0.1, 0.15) is 0 Å². The van der Waals surface area contributed by atoms with E-state index in [4.69, 9.17) is 4.74 Å². The molecule has 5 nitrogen and oxygen atoms in total. The van der Waals surface area contributed by atoms with Crippen LogP contribution in [0, 0.1) is 0 Å². The van der Waals surface area contributed by atoms with E-state index < -0.39 is 0 Å². The van der Waals surface area contributed by atoms with Crippen LogP contribution in [0.1, 0.15) is 20.8 Å². The van der Waals surface area contributed by atoms with Gasteiger partial charge in [-0.15, -0.1) is 24.8 Å². The molecule has 1 unspecified atom stereocenters. The van der Waals surface area contributed by atoms with Crippen LogP contribution in [-0.2, 0) is 9.53 Å². The van der Waals surface area contributed by atoms with Gasteiger partial charge < -0.3 is 15.0 Å². The van der Waals surface area contributed by atoms with E-state index in [-0.39, 0.29) is 30.7 Å². The van der Waals surface area contributed by atoms with Crippen LogP contribution < -0.4 is 5.32 Å². The van der Waals surface area contributed by atoms with Crippen molar-refractivity contribution in [1.29, 1.82) is 0 Å². The molecule has 2 aliphatic heterocycles. The normalized spacial score (nSPS) is 31.1. The fourth-order valence-electron chi connectivity index (χ4n) is 2.81. The second kappa shape index (κ2) is 9.05. The largest absolute Gasteiger partial charge is 0.379 e. The molecule has 2 fully saturated rings. The van der Waals surface area contributed by atoms with Crippen molar-refractivity contribution in [1.82, 2.24) is 15.1 Å². The number of nitrogens with zero attached hydrogens (tertiary/aromatic N) is 2. The zero-order valence-electron chi connectivity index (χ0n) is 12.5. The molecule has 1 N–H and O–H groups in total. The number of rotatable bonds is 2. The Bertz CT molecular complexity index is 307. The molecule has 0 spiro atoms. The second-order valence-electron chi connectivity index (χ2n) is 5.55. The number of piperazine rings is 1. The van der Waals surface area contributed by atoms with Crippen LogP contribution in [0.5, 0.6) is 0 Å². The Hall–Kier alpha value is -0.0700. The quantitative estimate of drug-likeness (QED) is 0.813. The summed E-state index contributed by atoms with van der Waals surface area (Å²) in [6.45, 7) is 11.2. The van der Waals surface area contributed by atoms with Crippen molar-refractivity contribution in [2.24, 2.45) is 0 Å². The van der Waals surface area contributed by atoms with E-state index in [0.29, 0.717) is 18.1 Å². The van der Waals surface area contributed by atoms with Crippen molar-refractivity contribution < 1.29 is 9.53 Å². The van der Waals surface area contributed by atoms with E-state index in [1.165, 1.54) is 0 Å². The second-order valence-corrected chi connectivity index (χ2v) is 5.55. The average Bonchev–Trinajstić information content (AvgIpc) is 2.34. The number of carbonyl (C=O) groups excluding carboxylic acids is 1. The van der Waals surface area contributed by atoms with Gasteiger partial charge in [-0.05, 0) is 13.8 Å². The standard InChI is InChI=1S/C13H25N3O2.2ClH/c1-10-7-16(12(3)17)13(6-14-10)8-15-4-5-18-9-11(15)2;;/h10-11,13-14H,4-9H2,1-3H3;2*1H/t10-,11?,13-;;/m1../s1. The lowest BCUT2D eigenvalue weighted by atomic mass is 10.1. The molecule has 2 saturated heterocycles. The minimum Gasteiger partial charge on any atom is -0.379 e. The van der Waals surface area contributed by atoms with E-state index in [9.17, 15) is 4.79 Å². The summed E-state index contributed by atoms with van der Waals surface area (Å²) in [6.07, 6.45) is 0. The highest BCUT2D eigenvalue weighted by Gasteiger charge is 2.31. The number of halogens is 2. The first kappa shape index (κ1) is 19.9. The van der Waals surface area contributed by atoms with Gasteiger partial charge in [0.15, 0.2) is 0 Å². The molecule has 0 aromatic rings. The predicted molar refractivity (Wildman–Crippen MR) is 85.0 cm³/mol. The van der Waals surface area contributed by atoms with Gasteiger partial charge in [0.2, 0.25) is 5.91 Å². The van der Waals surface area contributed by atoms with Crippen LogP contribution in [0.4, 0.5) is 0 Å². The molecule has 1 amide bonds. The molecule has 0 radical (unpaired) electrons. The summed E-state index contributed by atoms with van der Waals surface area (Å²) in [5, 5.41) is 3.47. The van der Waals surface area contributed by atoms with Crippen molar-refractivity contribution >= 4 is 30.7 Å². The van der Waals surface area contributed by atoms with Crippen molar-refractivity contribution in [3.05, 3.63) is 0 Å². The lowest BCUT2D eigenvalue weighted by Crippen LogP contribution is -2.61. The molecule has 20 heavy (non-hydrogen) atoms. The van der Waals surface area contributed by atoms with Crippen molar-refractivity contribution in [2.45, 2.75) is 38.9 Å². The maximum absolute atomic E-state index is 11.7. The van der Waals surface area contributed by atoms with E-state index in [0.717, 1.165) is 39.4 Å². The zero-order valence-corrected chi connectivity index (χ0v) is 14.1. The number of carbonyl (C=O) groups is 1. The monoisotopic (exact) mass is 327 g/mol. The average molecular weight is 328 g/mol. The van der Waals surface area contributed by atoms with E-state index in [1.807, 2.05) is 4.90 Å². The maximum atomic E-state index is 11.7. The van der Waals surface area contributed by atoms with E-state index in [2.05, 4.69) is 24.1 Å². The molecular weight excluding hydrogens is 301 g/mol. The Kier molecular flexibility index (Phi) is 9.02. The first-order valence-corrected chi connectivity index (χ1v) is 6.90. The topological polar surface area (TPSA) is 44.8 Å². The molecule has 120 valence electrons. The third kappa shape index (κ3) is 5.04. The van der Waals surface area contributed by atoms with Crippen molar-refractivity contribution in [2.75, 3.05) is 39.4 Å². The molecular formula is C13H27Cl2N3O2. The maximum Gasteiger partial charge on any atom is 0.219 e. The lowest BCUT2D eigenvalue weighted by molar-refractivity contribution is -0.133. The van der Waals surface area contributed by atoms with Crippen LogP contribution in [0.2, 0.25) is 0 Å². The molecule has 0 aromatic carbocycles. The van der Waals surface area contributed by atoms with Gasteiger partial charge >= 0.3 is 0 Å². The van der Waals surface area contributed by atoms with Gasteiger partial charge in [-0.1, -0.05) is 0 Å². The Labute approximate surface area is 134 Å². The third-order valence-electron chi connectivity index (χ3n) is 3.97. The van der Waals surface area contributed by atoms with Crippen LogP contribution >= 0.6 is 24.8 Å². The number of hydrogen-bond acceptors (Lipinski definition) is 4. The van der Waals surface area contributed by atoms with Crippen LogP contribution in [-0.4, -0.2) is 73.2 Å². The number of amides is 1. The van der Waals surface area contributed by atoms with Gasteiger partial charge in [0.25, 0.3) is 0 Å². The van der Waals surface area contributed by atoms with Gasteiger partial charge in [0.05, 0.1) is 19.3 Å². The van der Waals surface area contributed by atoms with Crippen LogP contribution in [0.15, 0.2) is 0 Å². The van der Waals surface area contributed by atoms with Gasteiger partial charge in [-0.2, -0.15) is 0 Å². The van der Waals surface area contributed by atoms with Gasteiger partial charge in [-0.25, -0.2) is 0 Å². The summed E-state index contributed by atoms with van der Waals surface area (Å²) in [4.78, 5) is 16.2. The van der Waals surface area contributed by atoms with Crippen LogP contribution in [0.25, 0.3) is 0 Å². The Morgan fingerprint density at radius 3 is 2.65 bits per heavy atom. The minimum atomic E-state index is 0. The van der Waals surface area contributed by atoms with Gasteiger partial charge in [0, 0.05) is 45.2 Å². The fraction of sp³-hybridized carbons (Fsp3) is 0.923. The molecule has 0 saturated carbocycles. The van der Waals surface area contributed by atoms with Crippen molar-refractivity contribution in [3.63, 3.8) is 0 Å². The molecule has 2 heterocycles. The Morgan fingerprint density at radius 2 is 2.05 bits per heavy atom. The van der Waals surface area contributed by atoms with E-state index >= 15 is 0 Å². The molecule has 2 rings (SSSR count). The predicted octanol–water partition coefficient (Wildman–Crippen LogP) is 0.760. The SMILES string of the molecule is CC(=O)N1C[C@@H](C)NC[C@@H]1CN1CCOCC1C.Cl.Cl. The summed E-state index contributed by atoms with van der Waals surface area (Å²) < 4.78 is 5.45. The number of hydrogen-bond donors (Lipinski definition) is 1. The highest BCUT2D eigenvalue weighted by molar-refractivity contribution is 5.85. The lowest BCUT2D eigenvalue weighted by Gasteiger charge is -2.43. The smallest absolute Gasteiger partial charge is 0.219 e. The zero-order chi connectivity index (χ0) is 13.1. The number of morpholine rings is 1. The molecule has 0 bridgehead atoms. The highest BCUT2D eigenvalue weighted by Crippen LogP contribution is 2.13. The summed E-state index contributed by atoms with van der Waals surface area (Å²) in [6, 6.07) is 1.14. The summed E-state index contributed by atoms with van der Waals surface area (Å²) >= 11 is 0. The number of nitrogens with one attached hydrogen (secondary N) is 1. The van der Waals surface area contributed by atoms with Gasteiger partial charge in [-0.3, -0.25) is 9.69 Å². The Balaban J connectivity index is 0.00000180.